The zero-order valence-corrected chi connectivity index (χ0v) is 11.3. The zero-order valence-electron chi connectivity index (χ0n) is 11.3. The second kappa shape index (κ2) is 5.98. The second-order valence-electron chi connectivity index (χ2n) is 4.47. The summed E-state index contributed by atoms with van der Waals surface area (Å²) in [5.41, 5.74) is 4.31. The van der Waals surface area contributed by atoms with Crippen LogP contribution in [0.25, 0.3) is 0 Å². The summed E-state index contributed by atoms with van der Waals surface area (Å²) in [5.74, 6) is 4.44. The number of nitrogens with one attached hydrogen (secondary N) is 1. The van der Waals surface area contributed by atoms with Gasteiger partial charge in [0.25, 0.3) is 0 Å². The van der Waals surface area contributed by atoms with Gasteiger partial charge in [0.2, 0.25) is 0 Å². The molecule has 2 rings (SSSR count). The summed E-state index contributed by atoms with van der Waals surface area (Å²) in [6, 6.07) is 8.76. The van der Waals surface area contributed by atoms with Crippen LogP contribution in [-0.2, 0) is 0 Å². The van der Waals surface area contributed by atoms with Crippen LogP contribution in [0, 0.1) is 18.6 Å². The highest BCUT2D eigenvalue weighted by molar-refractivity contribution is 5.41. The van der Waals surface area contributed by atoms with Crippen molar-refractivity contribution >= 4 is 0 Å². The molecule has 0 saturated carbocycles. The molecule has 0 bridgehead atoms. The lowest BCUT2D eigenvalue weighted by atomic mass is 9.97. The molecule has 0 radical (unpaired) electrons. The fourth-order valence-corrected chi connectivity index (χ4v) is 2.19. The summed E-state index contributed by atoms with van der Waals surface area (Å²) in [6.45, 7) is 1.87. The SMILES string of the molecule is COc1ccc(C(NN)c2cccc(F)c2F)cc1C. The monoisotopic (exact) mass is 278 g/mol. The van der Waals surface area contributed by atoms with E-state index in [0.717, 1.165) is 22.9 Å². The van der Waals surface area contributed by atoms with Crippen LogP contribution in [-0.4, -0.2) is 7.11 Å². The highest BCUT2D eigenvalue weighted by Crippen LogP contribution is 2.28. The number of hydrazine groups is 1. The van der Waals surface area contributed by atoms with Crippen LogP contribution < -0.4 is 16.0 Å². The van der Waals surface area contributed by atoms with Crippen molar-refractivity contribution in [1.29, 1.82) is 0 Å². The van der Waals surface area contributed by atoms with Crippen LogP contribution in [0.1, 0.15) is 22.7 Å². The van der Waals surface area contributed by atoms with E-state index < -0.39 is 17.7 Å². The molecule has 2 aromatic carbocycles. The molecule has 20 heavy (non-hydrogen) atoms. The van der Waals surface area contributed by atoms with Crippen molar-refractivity contribution in [2.75, 3.05) is 7.11 Å². The van der Waals surface area contributed by atoms with Crippen molar-refractivity contribution in [2.45, 2.75) is 13.0 Å². The third-order valence-electron chi connectivity index (χ3n) is 3.21. The van der Waals surface area contributed by atoms with E-state index in [9.17, 15) is 8.78 Å². The van der Waals surface area contributed by atoms with Gasteiger partial charge in [0.15, 0.2) is 11.6 Å². The number of methoxy groups -OCH3 is 1. The molecule has 0 aliphatic rings. The van der Waals surface area contributed by atoms with Crippen molar-refractivity contribution in [3.05, 3.63) is 64.7 Å². The van der Waals surface area contributed by atoms with E-state index >= 15 is 0 Å². The summed E-state index contributed by atoms with van der Waals surface area (Å²) < 4.78 is 32.4. The van der Waals surface area contributed by atoms with E-state index in [-0.39, 0.29) is 5.56 Å². The number of aryl methyl sites for hydroxylation is 1. The fraction of sp³-hybridized carbons (Fsp3) is 0.200. The summed E-state index contributed by atoms with van der Waals surface area (Å²) in [4.78, 5) is 0. The van der Waals surface area contributed by atoms with Gasteiger partial charge < -0.3 is 4.74 Å². The maximum absolute atomic E-state index is 13.9. The Balaban J connectivity index is 2.47. The molecule has 3 nitrogen and oxygen atoms in total. The lowest BCUT2D eigenvalue weighted by Crippen LogP contribution is -2.29. The van der Waals surface area contributed by atoms with Crippen LogP contribution in [0.5, 0.6) is 5.75 Å². The molecule has 1 atom stereocenters. The minimum atomic E-state index is -0.899. The first-order valence-electron chi connectivity index (χ1n) is 6.13. The third-order valence-corrected chi connectivity index (χ3v) is 3.21. The summed E-state index contributed by atoms with van der Waals surface area (Å²) in [6.07, 6.45) is 0. The highest BCUT2D eigenvalue weighted by atomic mass is 19.2. The van der Waals surface area contributed by atoms with Gasteiger partial charge in [-0.1, -0.05) is 24.3 Å². The largest absolute Gasteiger partial charge is 0.496 e. The van der Waals surface area contributed by atoms with Gasteiger partial charge >= 0.3 is 0 Å². The molecule has 0 aliphatic heterocycles. The van der Waals surface area contributed by atoms with Crippen LogP contribution in [0.3, 0.4) is 0 Å². The Kier molecular flexibility index (Phi) is 4.32. The van der Waals surface area contributed by atoms with Crippen molar-refractivity contribution in [1.82, 2.24) is 5.43 Å². The molecule has 0 aliphatic carbocycles. The number of halogens is 2. The average Bonchev–Trinajstić information content (AvgIpc) is 2.44. The predicted molar refractivity (Wildman–Crippen MR) is 73.3 cm³/mol. The molecular weight excluding hydrogens is 262 g/mol. The number of hydrogen-bond donors (Lipinski definition) is 2. The molecule has 0 spiro atoms. The van der Waals surface area contributed by atoms with Gasteiger partial charge in [-0.2, -0.15) is 0 Å². The van der Waals surface area contributed by atoms with Gasteiger partial charge in [0.05, 0.1) is 13.2 Å². The molecule has 3 N–H and O–H groups in total. The van der Waals surface area contributed by atoms with Gasteiger partial charge in [-0.25, -0.2) is 14.2 Å². The second-order valence-corrected chi connectivity index (χ2v) is 4.47. The summed E-state index contributed by atoms with van der Waals surface area (Å²) in [7, 11) is 1.58. The van der Waals surface area contributed by atoms with E-state index in [1.165, 1.54) is 12.1 Å². The fourth-order valence-electron chi connectivity index (χ4n) is 2.19. The van der Waals surface area contributed by atoms with Crippen molar-refractivity contribution in [2.24, 2.45) is 5.84 Å². The predicted octanol–water partition coefficient (Wildman–Crippen LogP) is 2.83. The summed E-state index contributed by atoms with van der Waals surface area (Å²) >= 11 is 0. The third kappa shape index (κ3) is 2.64. The lowest BCUT2D eigenvalue weighted by molar-refractivity contribution is 0.411. The smallest absolute Gasteiger partial charge is 0.163 e. The summed E-state index contributed by atoms with van der Waals surface area (Å²) in [5, 5.41) is 0. The Hall–Kier alpha value is -1.98. The minimum Gasteiger partial charge on any atom is -0.496 e. The topological polar surface area (TPSA) is 47.3 Å². The Morgan fingerprint density at radius 2 is 1.95 bits per heavy atom. The Bertz CT molecular complexity index is 617. The Morgan fingerprint density at radius 1 is 1.20 bits per heavy atom. The number of hydrogen-bond acceptors (Lipinski definition) is 3. The van der Waals surface area contributed by atoms with Crippen LogP contribution in [0.15, 0.2) is 36.4 Å². The van der Waals surface area contributed by atoms with Crippen molar-refractivity contribution < 1.29 is 13.5 Å². The number of ether oxygens (including phenoxy) is 1. The van der Waals surface area contributed by atoms with E-state index in [1.54, 1.807) is 19.2 Å². The molecule has 5 heteroatoms. The first-order valence-corrected chi connectivity index (χ1v) is 6.13. The van der Waals surface area contributed by atoms with E-state index in [0.29, 0.717) is 0 Å². The molecule has 0 amide bonds. The lowest BCUT2D eigenvalue weighted by Gasteiger charge is -2.19. The van der Waals surface area contributed by atoms with Gasteiger partial charge in [-0.05, 0) is 30.2 Å². The number of nitrogens with two attached hydrogens (primary N) is 1. The first kappa shape index (κ1) is 14.4. The minimum absolute atomic E-state index is 0.164. The van der Waals surface area contributed by atoms with Crippen molar-refractivity contribution in [3.63, 3.8) is 0 Å². The molecule has 1 unspecified atom stereocenters. The van der Waals surface area contributed by atoms with Crippen LogP contribution in [0.4, 0.5) is 8.78 Å². The van der Waals surface area contributed by atoms with Crippen LogP contribution in [0.2, 0.25) is 0 Å². The Morgan fingerprint density at radius 3 is 2.55 bits per heavy atom. The molecule has 0 heterocycles. The molecular formula is C15H16F2N2O. The van der Waals surface area contributed by atoms with Crippen molar-refractivity contribution in [3.8, 4) is 5.75 Å². The standard InChI is InChI=1S/C15H16F2N2O/c1-9-8-10(6-7-13(9)20-2)15(19-18)11-4-3-5-12(16)14(11)17/h3-8,15,19H,18H2,1-2H3. The number of rotatable bonds is 4. The Labute approximate surface area is 116 Å². The molecule has 2 aromatic rings. The quantitative estimate of drug-likeness (QED) is 0.668. The zero-order chi connectivity index (χ0) is 14.7. The van der Waals surface area contributed by atoms with E-state index in [4.69, 9.17) is 10.6 Å². The molecule has 0 aromatic heterocycles. The normalized spacial score (nSPS) is 12.2. The van der Waals surface area contributed by atoms with E-state index in [2.05, 4.69) is 5.43 Å². The van der Waals surface area contributed by atoms with Gasteiger partial charge in [0.1, 0.15) is 5.75 Å². The average molecular weight is 278 g/mol. The van der Waals surface area contributed by atoms with E-state index in [1.807, 2.05) is 13.0 Å². The highest BCUT2D eigenvalue weighted by Gasteiger charge is 2.19. The van der Waals surface area contributed by atoms with Gasteiger partial charge in [0, 0.05) is 5.56 Å². The maximum Gasteiger partial charge on any atom is 0.163 e. The van der Waals surface area contributed by atoms with Gasteiger partial charge in [-0.3, -0.25) is 5.84 Å². The molecule has 0 fully saturated rings. The molecule has 0 saturated heterocycles. The maximum atomic E-state index is 13.9. The molecule has 106 valence electrons. The van der Waals surface area contributed by atoms with Crippen LogP contribution >= 0.6 is 0 Å². The number of benzene rings is 2. The first-order chi connectivity index (χ1) is 9.58. The van der Waals surface area contributed by atoms with Gasteiger partial charge in [-0.15, -0.1) is 0 Å².